The van der Waals surface area contributed by atoms with Gasteiger partial charge in [-0.3, -0.25) is 5.10 Å². The Bertz CT molecular complexity index is 491. The molecule has 7 heteroatoms. The fraction of sp³-hybridized carbons (Fsp3) is 0.444. The molecule has 0 bridgehead atoms. The lowest BCUT2D eigenvalue weighted by atomic mass is 10.4. The number of hydrogen-bond acceptors (Lipinski definition) is 5. The Morgan fingerprint density at radius 3 is 3.12 bits per heavy atom. The molecule has 1 aliphatic carbocycles. The van der Waals surface area contributed by atoms with Crippen LogP contribution >= 0.6 is 34.7 Å². The van der Waals surface area contributed by atoms with Gasteiger partial charge in [0.05, 0.1) is 0 Å². The SMILES string of the molecule is Clc1ncc(CSc2n[nH]c(C3CC3)n2)s1. The largest absolute Gasteiger partial charge is 0.262 e. The first-order valence-corrected chi connectivity index (χ1v) is 7.14. The molecule has 1 aliphatic rings. The molecule has 1 saturated carbocycles. The van der Waals surface area contributed by atoms with Crippen molar-refractivity contribution in [2.24, 2.45) is 0 Å². The third-order valence-corrected chi connectivity index (χ3v) is 4.51. The van der Waals surface area contributed by atoms with Crippen molar-refractivity contribution in [1.82, 2.24) is 20.2 Å². The van der Waals surface area contributed by atoms with Crippen LogP contribution in [-0.4, -0.2) is 20.2 Å². The third kappa shape index (κ3) is 2.39. The Labute approximate surface area is 106 Å². The van der Waals surface area contributed by atoms with Crippen LogP contribution in [0.25, 0.3) is 0 Å². The van der Waals surface area contributed by atoms with E-state index in [1.165, 1.54) is 24.2 Å². The molecule has 0 aliphatic heterocycles. The number of rotatable bonds is 4. The number of thioether (sulfide) groups is 1. The van der Waals surface area contributed by atoms with Crippen molar-refractivity contribution >= 4 is 34.7 Å². The molecular weight excluding hydrogens is 264 g/mol. The summed E-state index contributed by atoms with van der Waals surface area (Å²) in [6.45, 7) is 0. The maximum atomic E-state index is 5.76. The second-order valence-electron chi connectivity index (χ2n) is 3.65. The molecular formula is C9H9ClN4S2. The molecule has 0 amide bonds. The summed E-state index contributed by atoms with van der Waals surface area (Å²) in [6.07, 6.45) is 4.28. The van der Waals surface area contributed by atoms with E-state index in [1.54, 1.807) is 18.0 Å². The van der Waals surface area contributed by atoms with Crippen molar-refractivity contribution in [3.8, 4) is 0 Å². The lowest BCUT2D eigenvalue weighted by Crippen LogP contribution is -1.81. The van der Waals surface area contributed by atoms with Gasteiger partial charge < -0.3 is 0 Å². The zero-order chi connectivity index (χ0) is 11.0. The monoisotopic (exact) mass is 272 g/mol. The Kier molecular flexibility index (Phi) is 2.87. The molecule has 0 spiro atoms. The predicted molar refractivity (Wildman–Crippen MR) is 65.0 cm³/mol. The summed E-state index contributed by atoms with van der Waals surface area (Å²) in [6, 6.07) is 0. The molecule has 0 unspecified atom stereocenters. The van der Waals surface area contributed by atoms with Gasteiger partial charge in [-0.25, -0.2) is 9.97 Å². The van der Waals surface area contributed by atoms with E-state index in [4.69, 9.17) is 11.6 Å². The van der Waals surface area contributed by atoms with E-state index in [9.17, 15) is 0 Å². The number of aromatic amines is 1. The minimum atomic E-state index is 0.587. The van der Waals surface area contributed by atoms with E-state index in [-0.39, 0.29) is 0 Å². The molecule has 1 N–H and O–H groups in total. The summed E-state index contributed by atoms with van der Waals surface area (Å²) in [4.78, 5) is 9.58. The highest BCUT2D eigenvalue weighted by molar-refractivity contribution is 7.98. The van der Waals surface area contributed by atoms with Crippen molar-refractivity contribution in [2.75, 3.05) is 0 Å². The Balaban J connectivity index is 1.61. The van der Waals surface area contributed by atoms with Crippen molar-refractivity contribution < 1.29 is 0 Å². The summed E-state index contributed by atoms with van der Waals surface area (Å²) in [5, 5.41) is 7.98. The quantitative estimate of drug-likeness (QED) is 0.869. The highest BCUT2D eigenvalue weighted by Gasteiger charge is 2.27. The molecule has 16 heavy (non-hydrogen) atoms. The molecule has 2 heterocycles. The molecule has 2 aromatic rings. The summed E-state index contributed by atoms with van der Waals surface area (Å²) >= 11 is 8.87. The van der Waals surface area contributed by atoms with E-state index in [0.717, 1.165) is 21.6 Å². The van der Waals surface area contributed by atoms with E-state index >= 15 is 0 Å². The van der Waals surface area contributed by atoms with Crippen LogP contribution in [-0.2, 0) is 5.75 Å². The number of hydrogen-bond donors (Lipinski definition) is 1. The van der Waals surface area contributed by atoms with Crippen molar-refractivity contribution in [3.63, 3.8) is 0 Å². The fourth-order valence-electron chi connectivity index (χ4n) is 1.35. The summed E-state index contributed by atoms with van der Waals surface area (Å²) in [7, 11) is 0. The first-order valence-electron chi connectivity index (χ1n) is 4.96. The molecule has 0 saturated heterocycles. The van der Waals surface area contributed by atoms with Crippen LogP contribution in [0.3, 0.4) is 0 Å². The van der Waals surface area contributed by atoms with Crippen LogP contribution in [0.4, 0.5) is 0 Å². The fourth-order valence-corrected chi connectivity index (χ4v) is 3.15. The van der Waals surface area contributed by atoms with Gasteiger partial charge in [-0.05, 0) is 12.8 Å². The van der Waals surface area contributed by atoms with Gasteiger partial charge in [0.15, 0.2) is 4.47 Å². The van der Waals surface area contributed by atoms with E-state index in [2.05, 4.69) is 20.2 Å². The number of nitrogens with zero attached hydrogens (tertiary/aromatic N) is 3. The Morgan fingerprint density at radius 1 is 1.56 bits per heavy atom. The number of halogens is 1. The first kappa shape index (κ1) is 10.6. The highest BCUT2D eigenvalue weighted by atomic mass is 35.5. The predicted octanol–water partition coefficient (Wildman–Crippen LogP) is 3.08. The normalized spacial score (nSPS) is 15.6. The van der Waals surface area contributed by atoms with Gasteiger partial charge in [-0.1, -0.05) is 23.4 Å². The van der Waals surface area contributed by atoms with Gasteiger partial charge in [-0.2, -0.15) is 0 Å². The minimum Gasteiger partial charge on any atom is -0.262 e. The molecule has 3 rings (SSSR count). The van der Waals surface area contributed by atoms with E-state index in [0.29, 0.717) is 10.4 Å². The second kappa shape index (κ2) is 4.35. The van der Waals surface area contributed by atoms with Crippen molar-refractivity contribution in [1.29, 1.82) is 0 Å². The van der Waals surface area contributed by atoms with Crippen LogP contribution in [0.15, 0.2) is 11.4 Å². The topological polar surface area (TPSA) is 54.5 Å². The van der Waals surface area contributed by atoms with Crippen molar-refractivity contribution in [2.45, 2.75) is 29.7 Å². The van der Waals surface area contributed by atoms with E-state index in [1.807, 2.05) is 0 Å². The maximum Gasteiger partial charge on any atom is 0.208 e. The lowest BCUT2D eigenvalue weighted by Gasteiger charge is -1.91. The molecule has 2 aromatic heterocycles. The zero-order valence-corrected chi connectivity index (χ0v) is 10.7. The van der Waals surface area contributed by atoms with Crippen LogP contribution < -0.4 is 0 Å². The minimum absolute atomic E-state index is 0.587. The standard InChI is InChI=1S/C9H9ClN4S2/c10-8-11-3-6(16-8)4-15-9-12-7(13-14-9)5-1-2-5/h3,5H,1-2,4H2,(H,12,13,14). The number of nitrogens with one attached hydrogen (secondary N) is 1. The Morgan fingerprint density at radius 2 is 2.44 bits per heavy atom. The van der Waals surface area contributed by atoms with Gasteiger partial charge in [0.1, 0.15) is 5.82 Å². The Hall–Kier alpha value is -0.590. The molecule has 84 valence electrons. The van der Waals surface area contributed by atoms with Gasteiger partial charge in [0.2, 0.25) is 5.16 Å². The van der Waals surface area contributed by atoms with Crippen LogP contribution in [0.1, 0.15) is 29.5 Å². The summed E-state index contributed by atoms with van der Waals surface area (Å²) in [5.74, 6) is 2.48. The average molecular weight is 273 g/mol. The molecule has 1 fully saturated rings. The molecule has 0 radical (unpaired) electrons. The number of H-pyrrole nitrogens is 1. The van der Waals surface area contributed by atoms with Crippen LogP contribution in [0.2, 0.25) is 4.47 Å². The first-order chi connectivity index (χ1) is 7.81. The van der Waals surface area contributed by atoms with E-state index < -0.39 is 0 Å². The zero-order valence-electron chi connectivity index (χ0n) is 8.31. The summed E-state index contributed by atoms with van der Waals surface area (Å²) in [5.41, 5.74) is 0. The smallest absolute Gasteiger partial charge is 0.208 e. The number of aromatic nitrogens is 4. The molecule has 4 nitrogen and oxygen atoms in total. The highest BCUT2D eigenvalue weighted by Crippen LogP contribution is 2.38. The second-order valence-corrected chi connectivity index (χ2v) is 6.29. The lowest BCUT2D eigenvalue weighted by molar-refractivity contribution is 0.932. The van der Waals surface area contributed by atoms with Gasteiger partial charge >= 0.3 is 0 Å². The summed E-state index contributed by atoms with van der Waals surface area (Å²) < 4.78 is 0.587. The van der Waals surface area contributed by atoms with Gasteiger partial charge in [0.25, 0.3) is 0 Å². The third-order valence-electron chi connectivity index (χ3n) is 2.32. The van der Waals surface area contributed by atoms with Crippen LogP contribution in [0, 0.1) is 0 Å². The number of thiazole rings is 1. The average Bonchev–Trinajstić information content (AvgIpc) is 2.87. The van der Waals surface area contributed by atoms with Gasteiger partial charge in [0, 0.05) is 22.7 Å². The van der Waals surface area contributed by atoms with Crippen LogP contribution in [0.5, 0.6) is 0 Å². The molecule has 0 atom stereocenters. The maximum absolute atomic E-state index is 5.76. The van der Waals surface area contributed by atoms with Crippen molar-refractivity contribution in [3.05, 3.63) is 21.4 Å². The molecule has 0 aromatic carbocycles. The van der Waals surface area contributed by atoms with Gasteiger partial charge in [-0.15, -0.1) is 16.4 Å².